The molecule has 1 aromatic heterocycles. The molecule has 0 saturated heterocycles. The number of aromatic nitrogens is 2. The van der Waals surface area contributed by atoms with Crippen LogP contribution in [0, 0.1) is 18.3 Å². The largest absolute Gasteiger partial charge is 0.311 e. The molecular weight excluding hydrogens is 224 g/mol. The number of hydrogen-bond acceptors (Lipinski definition) is 3. The molecule has 1 aromatic carbocycles. The van der Waals surface area contributed by atoms with Crippen molar-refractivity contribution in [1.29, 1.82) is 5.26 Å². The lowest BCUT2D eigenvalue weighted by atomic mass is 10.1. The quantitative estimate of drug-likeness (QED) is 0.822. The molecule has 0 amide bonds. The Bertz CT molecular complexity index is 616. The molecule has 0 atom stereocenters. The minimum absolute atomic E-state index is 0.676. The summed E-state index contributed by atoms with van der Waals surface area (Å²) in [5.74, 6) is 0. The third-order valence-electron chi connectivity index (χ3n) is 3.30. The van der Waals surface area contributed by atoms with Gasteiger partial charge in [0.15, 0.2) is 0 Å². The molecule has 4 nitrogen and oxygen atoms in total. The van der Waals surface area contributed by atoms with Crippen molar-refractivity contribution in [3.8, 4) is 11.8 Å². The molecule has 18 heavy (non-hydrogen) atoms. The highest BCUT2D eigenvalue weighted by Crippen LogP contribution is 2.21. The summed E-state index contributed by atoms with van der Waals surface area (Å²) >= 11 is 0. The first-order valence-electron chi connectivity index (χ1n) is 6.08. The van der Waals surface area contributed by atoms with Crippen molar-refractivity contribution in [3.63, 3.8) is 0 Å². The summed E-state index contributed by atoms with van der Waals surface area (Å²) in [5.41, 5.74) is 4.92. The maximum atomic E-state index is 9.35. The number of nitriles is 1. The van der Waals surface area contributed by atoms with Crippen LogP contribution < -0.4 is 5.32 Å². The second kappa shape index (κ2) is 4.28. The molecular formula is C14H14N4. The number of rotatable bonds is 1. The lowest BCUT2D eigenvalue weighted by molar-refractivity contribution is 0.629. The topological polar surface area (TPSA) is 53.6 Å². The molecule has 1 aliphatic rings. The van der Waals surface area contributed by atoms with Crippen LogP contribution in [0.25, 0.3) is 5.69 Å². The fourth-order valence-electron chi connectivity index (χ4n) is 2.31. The SMILES string of the molecule is Cc1ccc(-n2nc3c(c2C#N)CCNC3)cc1. The highest BCUT2D eigenvalue weighted by Gasteiger charge is 2.20. The summed E-state index contributed by atoms with van der Waals surface area (Å²) in [6.45, 7) is 3.72. The van der Waals surface area contributed by atoms with E-state index in [1.165, 1.54) is 5.56 Å². The fourth-order valence-corrected chi connectivity index (χ4v) is 2.31. The number of aryl methyl sites for hydroxylation is 1. The molecule has 0 radical (unpaired) electrons. The van der Waals surface area contributed by atoms with E-state index in [1.807, 2.05) is 31.2 Å². The zero-order valence-electron chi connectivity index (χ0n) is 10.3. The van der Waals surface area contributed by atoms with Crippen LogP contribution >= 0.6 is 0 Å². The second-order valence-corrected chi connectivity index (χ2v) is 4.56. The summed E-state index contributed by atoms with van der Waals surface area (Å²) in [7, 11) is 0. The Labute approximate surface area is 106 Å². The number of nitrogens with zero attached hydrogens (tertiary/aromatic N) is 3. The highest BCUT2D eigenvalue weighted by molar-refractivity contribution is 5.44. The minimum Gasteiger partial charge on any atom is -0.311 e. The van der Waals surface area contributed by atoms with Gasteiger partial charge >= 0.3 is 0 Å². The van der Waals surface area contributed by atoms with Crippen LogP contribution in [0.1, 0.15) is 22.5 Å². The van der Waals surface area contributed by atoms with Crippen molar-refractivity contribution < 1.29 is 0 Å². The maximum Gasteiger partial charge on any atom is 0.147 e. The molecule has 0 bridgehead atoms. The summed E-state index contributed by atoms with van der Waals surface area (Å²) in [6.07, 6.45) is 0.879. The van der Waals surface area contributed by atoms with Crippen molar-refractivity contribution in [2.45, 2.75) is 19.9 Å². The lowest BCUT2D eigenvalue weighted by Crippen LogP contribution is -2.23. The molecule has 3 rings (SSSR count). The normalized spacial score (nSPS) is 14.0. The summed E-state index contributed by atoms with van der Waals surface area (Å²) < 4.78 is 1.76. The zero-order valence-corrected chi connectivity index (χ0v) is 10.3. The van der Waals surface area contributed by atoms with Crippen molar-refractivity contribution in [2.24, 2.45) is 0 Å². The van der Waals surface area contributed by atoms with E-state index in [0.717, 1.165) is 36.5 Å². The van der Waals surface area contributed by atoms with Crippen LogP contribution in [-0.4, -0.2) is 16.3 Å². The van der Waals surface area contributed by atoms with Gasteiger partial charge in [0.2, 0.25) is 0 Å². The van der Waals surface area contributed by atoms with Crippen LogP contribution in [-0.2, 0) is 13.0 Å². The van der Waals surface area contributed by atoms with Crippen LogP contribution in [0.15, 0.2) is 24.3 Å². The van der Waals surface area contributed by atoms with Gasteiger partial charge in [0.05, 0.1) is 11.4 Å². The van der Waals surface area contributed by atoms with Gasteiger partial charge in [-0.15, -0.1) is 0 Å². The van der Waals surface area contributed by atoms with Crippen LogP contribution in [0.3, 0.4) is 0 Å². The fraction of sp³-hybridized carbons (Fsp3) is 0.286. The minimum atomic E-state index is 0.676. The Morgan fingerprint density at radius 3 is 2.83 bits per heavy atom. The van der Waals surface area contributed by atoms with Gasteiger partial charge in [-0.3, -0.25) is 0 Å². The molecule has 1 N–H and O–H groups in total. The molecule has 0 saturated carbocycles. The van der Waals surface area contributed by atoms with Crippen molar-refractivity contribution in [2.75, 3.05) is 6.54 Å². The Balaban J connectivity index is 2.15. The van der Waals surface area contributed by atoms with Crippen molar-refractivity contribution in [3.05, 3.63) is 46.8 Å². The first kappa shape index (κ1) is 11.0. The van der Waals surface area contributed by atoms with Gasteiger partial charge in [0, 0.05) is 12.1 Å². The summed E-state index contributed by atoms with van der Waals surface area (Å²) in [6, 6.07) is 10.4. The van der Waals surface area contributed by atoms with Gasteiger partial charge in [0.1, 0.15) is 11.8 Å². The van der Waals surface area contributed by atoms with E-state index < -0.39 is 0 Å². The lowest BCUT2D eigenvalue weighted by Gasteiger charge is -2.10. The Kier molecular flexibility index (Phi) is 2.62. The molecule has 4 heteroatoms. The first-order valence-corrected chi connectivity index (χ1v) is 6.08. The number of benzene rings is 1. The first-order chi connectivity index (χ1) is 8.79. The molecule has 0 spiro atoms. The average Bonchev–Trinajstić information content (AvgIpc) is 2.78. The number of hydrogen-bond donors (Lipinski definition) is 1. The van der Waals surface area contributed by atoms with E-state index in [1.54, 1.807) is 4.68 Å². The standard InChI is InChI=1S/C14H14N4/c1-10-2-4-11(5-3-10)18-14(8-15)12-6-7-16-9-13(12)17-18/h2-5,16H,6-7,9H2,1H3. The van der Waals surface area contributed by atoms with E-state index in [0.29, 0.717) is 5.69 Å². The van der Waals surface area contributed by atoms with Crippen LogP contribution in [0.4, 0.5) is 0 Å². The predicted molar refractivity (Wildman–Crippen MR) is 68.4 cm³/mol. The molecule has 0 unspecified atom stereocenters. The molecule has 2 aromatic rings. The Morgan fingerprint density at radius 2 is 2.11 bits per heavy atom. The van der Waals surface area contributed by atoms with Crippen LogP contribution in [0.2, 0.25) is 0 Å². The Hall–Kier alpha value is -2.12. The maximum absolute atomic E-state index is 9.35. The van der Waals surface area contributed by atoms with Gasteiger partial charge in [0.25, 0.3) is 0 Å². The van der Waals surface area contributed by atoms with Gasteiger partial charge in [-0.2, -0.15) is 10.4 Å². The Morgan fingerprint density at radius 1 is 1.33 bits per heavy atom. The number of fused-ring (bicyclic) bond motifs is 1. The van der Waals surface area contributed by atoms with Gasteiger partial charge in [-0.1, -0.05) is 17.7 Å². The van der Waals surface area contributed by atoms with Crippen molar-refractivity contribution in [1.82, 2.24) is 15.1 Å². The molecule has 1 aliphatic heterocycles. The second-order valence-electron chi connectivity index (χ2n) is 4.56. The molecule has 2 heterocycles. The van der Waals surface area contributed by atoms with Gasteiger partial charge < -0.3 is 5.32 Å². The smallest absolute Gasteiger partial charge is 0.147 e. The summed E-state index contributed by atoms with van der Waals surface area (Å²) in [4.78, 5) is 0. The van der Waals surface area contributed by atoms with Crippen LogP contribution in [0.5, 0.6) is 0 Å². The van der Waals surface area contributed by atoms with E-state index in [-0.39, 0.29) is 0 Å². The van der Waals surface area contributed by atoms with E-state index in [4.69, 9.17) is 0 Å². The summed E-state index contributed by atoms with van der Waals surface area (Å²) in [5, 5.41) is 17.2. The predicted octanol–water partition coefficient (Wildman–Crippen LogP) is 1.70. The average molecular weight is 238 g/mol. The van der Waals surface area contributed by atoms with E-state index in [9.17, 15) is 5.26 Å². The third-order valence-corrected chi connectivity index (χ3v) is 3.30. The van der Waals surface area contributed by atoms with Gasteiger partial charge in [-0.25, -0.2) is 4.68 Å². The van der Waals surface area contributed by atoms with E-state index in [2.05, 4.69) is 16.5 Å². The molecule has 0 fully saturated rings. The molecule has 0 aliphatic carbocycles. The number of nitrogens with one attached hydrogen (secondary N) is 1. The molecule has 90 valence electrons. The zero-order chi connectivity index (χ0) is 12.5. The monoisotopic (exact) mass is 238 g/mol. The van der Waals surface area contributed by atoms with E-state index >= 15 is 0 Å². The van der Waals surface area contributed by atoms with Gasteiger partial charge in [-0.05, 0) is 32.0 Å². The highest BCUT2D eigenvalue weighted by atomic mass is 15.3. The van der Waals surface area contributed by atoms with Crippen molar-refractivity contribution >= 4 is 0 Å². The third kappa shape index (κ3) is 1.69.